The molecule has 4 amide bonds. The minimum Gasteiger partial charge on any atom is -0.460 e. The molecule has 47 heavy (non-hydrogen) atoms. The molecule has 18 heteroatoms. The van der Waals surface area contributed by atoms with Gasteiger partial charge in [0.05, 0.1) is 34.1 Å². The maximum Gasteiger partial charge on any atom is 0.338 e. The smallest absolute Gasteiger partial charge is 0.338 e. The van der Waals surface area contributed by atoms with Crippen molar-refractivity contribution in [1.82, 2.24) is 8.61 Å². The molecule has 0 unspecified atom stereocenters. The van der Waals surface area contributed by atoms with Crippen molar-refractivity contribution >= 4 is 55.6 Å². The van der Waals surface area contributed by atoms with Gasteiger partial charge in [-0.1, -0.05) is 0 Å². The lowest BCUT2D eigenvalue weighted by Crippen LogP contribution is -2.35. The summed E-state index contributed by atoms with van der Waals surface area (Å²) in [6.07, 6.45) is -0.223. The molecule has 0 atom stereocenters. The van der Waals surface area contributed by atoms with Crippen LogP contribution in [0.2, 0.25) is 0 Å². The van der Waals surface area contributed by atoms with Crippen LogP contribution in [0.5, 0.6) is 0 Å². The molecule has 0 aromatic heterocycles. The van der Waals surface area contributed by atoms with E-state index < -0.39 is 55.6 Å². The molecule has 0 bridgehead atoms. The van der Waals surface area contributed by atoms with E-state index in [9.17, 15) is 45.6 Å². The van der Waals surface area contributed by atoms with Gasteiger partial charge in [-0.2, -0.15) is 8.61 Å². The Balaban J connectivity index is 1.05. The van der Waals surface area contributed by atoms with Crippen molar-refractivity contribution in [1.29, 1.82) is 0 Å². The Bertz CT molecular complexity index is 1590. The summed E-state index contributed by atoms with van der Waals surface area (Å²) in [7, 11) is -8.69. The van der Waals surface area contributed by atoms with Gasteiger partial charge in [-0.05, 0) is 55.0 Å². The van der Waals surface area contributed by atoms with Crippen molar-refractivity contribution in [2.24, 2.45) is 0 Å². The van der Waals surface area contributed by atoms with Gasteiger partial charge in [0.1, 0.15) is 13.2 Å². The summed E-state index contributed by atoms with van der Waals surface area (Å²) in [4.78, 5) is 70.9. The Kier molecular flexibility index (Phi) is 11.6. The lowest BCUT2D eigenvalue weighted by molar-refractivity contribution is -0.134. The van der Waals surface area contributed by atoms with Crippen molar-refractivity contribution < 1.29 is 64.6 Å². The van der Waals surface area contributed by atoms with Crippen LogP contribution in [-0.4, -0.2) is 101 Å². The Hall–Kier alpha value is -4.52. The quantitative estimate of drug-likeness (QED) is 0.135. The third kappa shape index (κ3) is 8.45. The van der Waals surface area contributed by atoms with E-state index in [1.165, 1.54) is 24.3 Å². The molecule has 2 aliphatic rings. The fourth-order valence-electron chi connectivity index (χ4n) is 4.41. The number of carbonyl (C=O) groups is 6. The first-order valence-corrected chi connectivity index (χ1v) is 17.1. The standard InChI is InChI=1S/C29H30N2O14S2/c32-24-10-11-25(33)30(24)46(38,39)22-6-2-20(3-7-22)28(36)44-18-16-42-14-1-15-43-17-19-45-29(37)21-4-8-23(9-5-21)47(40,41)31-26(34)12-13-27(31)35/h2-9H,1,10-19H2. The second-order valence-corrected chi connectivity index (χ2v) is 13.6. The van der Waals surface area contributed by atoms with Crippen LogP contribution in [0.1, 0.15) is 52.8 Å². The van der Waals surface area contributed by atoms with Gasteiger partial charge in [0.2, 0.25) is 23.6 Å². The lowest BCUT2D eigenvalue weighted by Gasteiger charge is -2.14. The Morgan fingerprint density at radius 3 is 1.15 bits per heavy atom. The SMILES string of the molecule is O=C(OCCOCCCOCCOC(=O)c1ccc(S(=O)(=O)N2C(=O)CCC2=O)cc1)c1ccc(S(=O)(=O)N2C(=O)CCC2=O)cc1. The van der Waals surface area contributed by atoms with Gasteiger partial charge < -0.3 is 18.9 Å². The number of ether oxygens (including phenoxy) is 4. The summed E-state index contributed by atoms with van der Waals surface area (Å²) >= 11 is 0. The molecule has 0 saturated carbocycles. The molecule has 2 saturated heterocycles. The topological polar surface area (TPSA) is 214 Å². The monoisotopic (exact) mass is 694 g/mol. The first kappa shape index (κ1) is 35.3. The molecule has 2 fully saturated rings. The number of sulfonamides is 2. The number of nitrogens with zero attached hydrogens (tertiary/aromatic N) is 2. The molecule has 2 aromatic carbocycles. The molecule has 16 nitrogen and oxygen atoms in total. The van der Waals surface area contributed by atoms with E-state index in [4.69, 9.17) is 18.9 Å². The predicted octanol–water partition coefficient (Wildman–Crippen LogP) is 0.799. The Labute approximate surface area is 269 Å². The summed E-state index contributed by atoms with van der Waals surface area (Å²) in [5, 5.41) is 0. The average Bonchev–Trinajstić information content (AvgIpc) is 3.58. The van der Waals surface area contributed by atoms with Gasteiger partial charge in [0, 0.05) is 38.9 Å². The van der Waals surface area contributed by atoms with Crippen molar-refractivity contribution in [3.05, 3.63) is 59.7 Å². The average molecular weight is 695 g/mol. The van der Waals surface area contributed by atoms with Crippen molar-refractivity contribution in [3.63, 3.8) is 0 Å². The molecule has 2 aliphatic heterocycles. The number of hydrogen-bond donors (Lipinski definition) is 0. The number of benzene rings is 2. The molecule has 0 spiro atoms. The lowest BCUT2D eigenvalue weighted by atomic mass is 10.2. The van der Waals surface area contributed by atoms with Crippen LogP contribution in [-0.2, 0) is 58.2 Å². The summed E-state index contributed by atoms with van der Waals surface area (Å²) < 4.78 is 71.6. The van der Waals surface area contributed by atoms with Crippen molar-refractivity contribution in [2.45, 2.75) is 41.9 Å². The zero-order chi connectivity index (χ0) is 34.2. The molecular weight excluding hydrogens is 664 g/mol. The van der Waals surface area contributed by atoms with E-state index in [2.05, 4.69) is 0 Å². The van der Waals surface area contributed by atoms with Crippen LogP contribution in [0, 0.1) is 0 Å². The van der Waals surface area contributed by atoms with Crippen LogP contribution < -0.4 is 0 Å². The van der Waals surface area contributed by atoms with Gasteiger partial charge in [-0.3, -0.25) is 19.2 Å². The zero-order valence-corrected chi connectivity index (χ0v) is 26.5. The molecule has 2 heterocycles. The number of carbonyl (C=O) groups excluding carboxylic acids is 6. The number of imide groups is 2. The van der Waals surface area contributed by atoms with E-state index in [0.29, 0.717) is 6.42 Å². The Morgan fingerprint density at radius 1 is 0.511 bits per heavy atom. The summed E-state index contributed by atoms with van der Waals surface area (Å²) in [6.45, 7) is 0.574. The van der Waals surface area contributed by atoms with E-state index in [1.54, 1.807) is 0 Å². The van der Waals surface area contributed by atoms with Gasteiger partial charge >= 0.3 is 11.9 Å². The molecule has 0 radical (unpaired) electrons. The number of hydrogen-bond acceptors (Lipinski definition) is 14. The van der Waals surface area contributed by atoms with Gasteiger partial charge in [-0.25, -0.2) is 26.4 Å². The summed E-state index contributed by atoms with van der Waals surface area (Å²) in [5.41, 5.74) is 0.130. The fourth-order valence-corrected chi connectivity index (χ4v) is 7.22. The molecule has 252 valence electrons. The summed E-state index contributed by atoms with van der Waals surface area (Å²) in [6, 6.07) is 9.29. The van der Waals surface area contributed by atoms with Gasteiger partial charge in [0.25, 0.3) is 20.0 Å². The highest BCUT2D eigenvalue weighted by molar-refractivity contribution is 7.90. The first-order valence-electron chi connectivity index (χ1n) is 14.3. The number of rotatable bonds is 16. The van der Waals surface area contributed by atoms with E-state index in [0.717, 1.165) is 24.3 Å². The normalized spacial score (nSPS) is 15.4. The second-order valence-electron chi connectivity index (χ2n) is 10.0. The van der Waals surface area contributed by atoms with Crippen molar-refractivity contribution in [3.8, 4) is 0 Å². The number of esters is 2. The maximum absolute atomic E-state index is 12.6. The zero-order valence-electron chi connectivity index (χ0n) is 24.8. The first-order chi connectivity index (χ1) is 22.3. The van der Waals surface area contributed by atoms with Crippen LogP contribution in [0.3, 0.4) is 0 Å². The molecule has 0 aliphatic carbocycles. The third-order valence-corrected chi connectivity index (χ3v) is 10.3. The van der Waals surface area contributed by atoms with E-state index >= 15 is 0 Å². The van der Waals surface area contributed by atoms with E-state index in [1.807, 2.05) is 0 Å². The summed E-state index contributed by atoms with van der Waals surface area (Å²) in [5.74, 6) is -4.65. The van der Waals surface area contributed by atoms with Crippen LogP contribution >= 0.6 is 0 Å². The highest BCUT2D eigenvalue weighted by Crippen LogP contribution is 2.24. The van der Waals surface area contributed by atoms with E-state index in [-0.39, 0.29) is 94.9 Å². The van der Waals surface area contributed by atoms with Crippen LogP contribution in [0.25, 0.3) is 0 Å². The van der Waals surface area contributed by atoms with Crippen LogP contribution in [0.15, 0.2) is 58.3 Å². The fraction of sp³-hybridized carbons (Fsp3) is 0.379. The minimum absolute atomic E-state index is 0.0648. The maximum atomic E-state index is 12.6. The third-order valence-electron chi connectivity index (χ3n) is 6.77. The molecule has 2 aromatic rings. The number of amides is 4. The van der Waals surface area contributed by atoms with Gasteiger partial charge in [-0.15, -0.1) is 0 Å². The molecular formula is C29H30N2O14S2. The van der Waals surface area contributed by atoms with Crippen molar-refractivity contribution in [2.75, 3.05) is 39.6 Å². The predicted molar refractivity (Wildman–Crippen MR) is 156 cm³/mol. The Morgan fingerprint density at radius 2 is 0.830 bits per heavy atom. The largest absolute Gasteiger partial charge is 0.460 e. The second kappa shape index (κ2) is 15.4. The van der Waals surface area contributed by atoms with Gasteiger partial charge in [0.15, 0.2) is 0 Å². The molecule has 4 rings (SSSR count). The minimum atomic E-state index is -4.35. The highest BCUT2D eigenvalue weighted by Gasteiger charge is 2.40. The molecule has 0 N–H and O–H groups in total. The highest BCUT2D eigenvalue weighted by atomic mass is 32.2. The van der Waals surface area contributed by atoms with Crippen LogP contribution in [0.4, 0.5) is 0 Å².